The predicted molar refractivity (Wildman–Crippen MR) is 82.2 cm³/mol. The largest absolute Gasteiger partial charge is 0.387 e. The van der Waals surface area contributed by atoms with Gasteiger partial charge in [-0.05, 0) is 31.4 Å². The third kappa shape index (κ3) is 4.05. The number of aliphatic hydroxyl groups is 1. The summed E-state index contributed by atoms with van der Waals surface area (Å²) in [5.74, 6) is 0.421. The van der Waals surface area contributed by atoms with Gasteiger partial charge in [-0.15, -0.1) is 0 Å². The van der Waals surface area contributed by atoms with Crippen molar-refractivity contribution in [1.82, 2.24) is 4.90 Å². The molecular weight excluding hydrogens is 234 g/mol. The number of nitrogens with zero attached hydrogens (tertiary/aromatic N) is 1. The molecule has 1 aromatic rings. The summed E-state index contributed by atoms with van der Waals surface area (Å²) in [5.41, 5.74) is 1.02. The standard InChI is InChI=1S/C17H29NO/c1-6-14(5)18(7-2)16(13(3)4)17(19)15-11-9-8-10-12-15/h8-14,16-17,19H,6-7H2,1-5H3. The summed E-state index contributed by atoms with van der Waals surface area (Å²) >= 11 is 0. The van der Waals surface area contributed by atoms with Crippen molar-refractivity contribution in [2.75, 3.05) is 6.54 Å². The minimum Gasteiger partial charge on any atom is -0.387 e. The molecule has 1 rings (SSSR count). The summed E-state index contributed by atoms with van der Waals surface area (Å²) in [5, 5.41) is 10.8. The first-order valence-corrected chi connectivity index (χ1v) is 7.51. The van der Waals surface area contributed by atoms with E-state index in [0.717, 1.165) is 18.5 Å². The first kappa shape index (κ1) is 16.2. The van der Waals surface area contributed by atoms with Gasteiger partial charge in [0.15, 0.2) is 0 Å². The van der Waals surface area contributed by atoms with Gasteiger partial charge in [0.1, 0.15) is 0 Å². The number of hydrogen-bond donors (Lipinski definition) is 1. The highest BCUT2D eigenvalue weighted by molar-refractivity contribution is 5.19. The van der Waals surface area contributed by atoms with Crippen LogP contribution in [0.2, 0.25) is 0 Å². The molecule has 0 fully saturated rings. The normalized spacial score (nSPS) is 16.6. The number of likely N-dealkylation sites (N-methyl/N-ethyl adjacent to an activating group) is 1. The maximum absolute atomic E-state index is 10.8. The molecule has 0 saturated heterocycles. The number of hydrogen-bond acceptors (Lipinski definition) is 2. The molecule has 0 amide bonds. The molecule has 1 aromatic carbocycles. The fourth-order valence-corrected chi connectivity index (χ4v) is 2.83. The van der Waals surface area contributed by atoms with Gasteiger partial charge < -0.3 is 5.11 Å². The number of rotatable bonds is 7. The van der Waals surface area contributed by atoms with Crippen LogP contribution in [0.25, 0.3) is 0 Å². The molecule has 0 saturated carbocycles. The van der Waals surface area contributed by atoms with E-state index in [-0.39, 0.29) is 6.04 Å². The van der Waals surface area contributed by atoms with E-state index < -0.39 is 6.10 Å². The van der Waals surface area contributed by atoms with Crippen molar-refractivity contribution in [3.8, 4) is 0 Å². The van der Waals surface area contributed by atoms with Crippen molar-refractivity contribution in [3.63, 3.8) is 0 Å². The second kappa shape index (κ2) is 7.66. The zero-order valence-corrected chi connectivity index (χ0v) is 13.0. The maximum Gasteiger partial charge on any atom is 0.0947 e. The van der Waals surface area contributed by atoms with Crippen LogP contribution in [-0.2, 0) is 0 Å². The third-order valence-corrected chi connectivity index (χ3v) is 4.05. The van der Waals surface area contributed by atoms with E-state index in [4.69, 9.17) is 0 Å². The Morgan fingerprint density at radius 1 is 1.05 bits per heavy atom. The molecule has 0 aliphatic rings. The third-order valence-electron chi connectivity index (χ3n) is 4.05. The minimum absolute atomic E-state index is 0.169. The monoisotopic (exact) mass is 263 g/mol. The van der Waals surface area contributed by atoms with Crippen molar-refractivity contribution in [2.45, 2.75) is 59.2 Å². The zero-order valence-electron chi connectivity index (χ0n) is 13.0. The summed E-state index contributed by atoms with van der Waals surface area (Å²) in [6, 6.07) is 10.7. The van der Waals surface area contributed by atoms with Crippen LogP contribution in [0.1, 0.15) is 52.7 Å². The molecule has 2 heteroatoms. The number of benzene rings is 1. The van der Waals surface area contributed by atoms with Gasteiger partial charge in [0, 0.05) is 12.1 Å². The summed E-state index contributed by atoms with van der Waals surface area (Å²) in [6.07, 6.45) is 0.689. The van der Waals surface area contributed by atoms with Crippen LogP contribution < -0.4 is 0 Å². The molecule has 0 spiro atoms. The SMILES string of the molecule is CCC(C)N(CC)C(C(C)C)C(O)c1ccccc1. The molecule has 0 heterocycles. The van der Waals surface area contributed by atoms with Crippen LogP contribution in [-0.4, -0.2) is 28.6 Å². The van der Waals surface area contributed by atoms with E-state index in [9.17, 15) is 5.11 Å². The Morgan fingerprint density at radius 3 is 2.05 bits per heavy atom. The Hall–Kier alpha value is -0.860. The molecule has 1 N–H and O–H groups in total. The van der Waals surface area contributed by atoms with E-state index in [1.165, 1.54) is 0 Å². The molecular formula is C17H29NO. The van der Waals surface area contributed by atoms with Crippen molar-refractivity contribution in [1.29, 1.82) is 0 Å². The molecule has 3 atom stereocenters. The van der Waals surface area contributed by atoms with Crippen molar-refractivity contribution in [3.05, 3.63) is 35.9 Å². The molecule has 3 unspecified atom stereocenters. The predicted octanol–water partition coefficient (Wildman–Crippen LogP) is 3.87. The van der Waals surface area contributed by atoms with E-state index in [2.05, 4.69) is 39.5 Å². The van der Waals surface area contributed by atoms with Crippen LogP contribution >= 0.6 is 0 Å². The van der Waals surface area contributed by atoms with E-state index in [0.29, 0.717) is 12.0 Å². The average molecular weight is 263 g/mol. The second-order valence-electron chi connectivity index (χ2n) is 5.68. The van der Waals surface area contributed by atoms with Crippen LogP contribution in [0.4, 0.5) is 0 Å². The Bertz CT molecular complexity index is 350. The van der Waals surface area contributed by atoms with Gasteiger partial charge in [0.25, 0.3) is 0 Å². The van der Waals surface area contributed by atoms with Gasteiger partial charge in [-0.25, -0.2) is 0 Å². The van der Waals surface area contributed by atoms with Crippen molar-refractivity contribution < 1.29 is 5.11 Å². The molecule has 0 radical (unpaired) electrons. The minimum atomic E-state index is -0.421. The molecule has 0 aliphatic heterocycles. The fraction of sp³-hybridized carbons (Fsp3) is 0.647. The lowest BCUT2D eigenvalue weighted by molar-refractivity contribution is 0.00418. The van der Waals surface area contributed by atoms with Gasteiger partial charge in [-0.3, -0.25) is 4.90 Å². The first-order chi connectivity index (χ1) is 9.02. The highest BCUT2D eigenvalue weighted by atomic mass is 16.3. The highest BCUT2D eigenvalue weighted by Gasteiger charge is 2.31. The maximum atomic E-state index is 10.8. The highest BCUT2D eigenvalue weighted by Crippen LogP contribution is 2.28. The summed E-state index contributed by atoms with van der Waals surface area (Å²) in [7, 11) is 0. The fourth-order valence-electron chi connectivity index (χ4n) is 2.83. The lowest BCUT2D eigenvalue weighted by Crippen LogP contribution is -2.47. The summed E-state index contributed by atoms with van der Waals surface area (Å²) < 4.78 is 0. The number of aliphatic hydroxyl groups excluding tert-OH is 1. The van der Waals surface area contributed by atoms with Gasteiger partial charge in [-0.2, -0.15) is 0 Å². The van der Waals surface area contributed by atoms with Crippen LogP contribution in [0.3, 0.4) is 0 Å². The second-order valence-corrected chi connectivity index (χ2v) is 5.68. The lowest BCUT2D eigenvalue weighted by atomic mass is 9.90. The smallest absolute Gasteiger partial charge is 0.0947 e. The Balaban J connectivity index is 2.99. The quantitative estimate of drug-likeness (QED) is 0.807. The van der Waals surface area contributed by atoms with Crippen molar-refractivity contribution in [2.24, 2.45) is 5.92 Å². The lowest BCUT2D eigenvalue weighted by Gasteiger charge is -2.40. The molecule has 2 nitrogen and oxygen atoms in total. The van der Waals surface area contributed by atoms with Gasteiger partial charge in [0.2, 0.25) is 0 Å². The summed E-state index contributed by atoms with van der Waals surface area (Å²) in [6.45, 7) is 12.0. The van der Waals surface area contributed by atoms with E-state index in [1.54, 1.807) is 0 Å². The van der Waals surface area contributed by atoms with Gasteiger partial charge >= 0.3 is 0 Å². The topological polar surface area (TPSA) is 23.5 Å². The van der Waals surface area contributed by atoms with Crippen LogP contribution in [0.15, 0.2) is 30.3 Å². The Labute approximate surface area is 118 Å². The molecule has 0 aromatic heterocycles. The van der Waals surface area contributed by atoms with Crippen LogP contribution in [0, 0.1) is 5.92 Å². The van der Waals surface area contributed by atoms with Crippen LogP contribution in [0.5, 0.6) is 0 Å². The van der Waals surface area contributed by atoms with E-state index >= 15 is 0 Å². The van der Waals surface area contributed by atoms with Crippen molar-refractivity contribution >= 4 is 0 Å². The Kier molecular flexibility index (Phi) is 6.53. The van der Waals surface area contributed by atoms with E-state index in [1.807, 2.05) is 30.3 Å². The summed E-state index contributed by atoms with van der Waals surface area (Å²) in [4.78, 5) is 2.43. The molecule has 108 valence electrons. The molecule has 19 heavy (non-hydrogen) atoms. The van der Waals surface area contributed by atoms with Gasteiger partial charge in [0.05, 0.1) is 6.10 Å². The van der Waals surface area contributed by atoms with Gasteiger partial charge in [-0.1, -0.05) is 58.0 Å². The molecule has 0 aliphatic carbocycles. The molecule has 0 bridgehead atoms. The average Bonchev–Trinajstić information content (AvgIpc) is 2.43. The zero-order chi connectivity index (χ0) is 14.4. The first-order valence-electron chi connectivity index (χ1n) is 7.51. The Morgan fingerprint density at radius 2 is 1.63 bits per heavy atom.